The molecule has 5 nitrogen and oxygen atoms in total. The maximum absolute atomic E-state index is 12.5. The van der Waals surface area contributed by atoms with Gasteiger partial charge in [0.15, 0.2) is 5.79 Å². The van der Waals surface area contributed by atoms with Crippen LogP contribution in [0.1, 0.15) is 72.6 Å². The largest absolute Gasteiger partial charge is 0.462 e. The minimum atomic E-state index is -0.439. The summed E-state index contributed by atoms with van der Waals surface area (Å²) in [7, 11) is 0. The van der Waals surface area contributed by atoms with Crippen molar-refractivity contribution in [3.05, 3.63) is 11.6 Å². The lowest BCUT2D eigenvalue weighted by Crippen LogP contribution is -2.58. The van der Waals surface area contributed by atoms with Gasteiger partial charge in [0.1, 0.15) is 11.9 Å². The van der Waals surface area contributed by atoms with Crippen LogP contribution in [0.15, 0.2) is 11.6 Å². The van der Waals surface area contributed by atoms with Crippen molar-refractivity contribution in [2.45, 2.75) is 84.5 Å². The molecule has 0 bridgehead atoms. The zero-order valence-corrected chi connectivity index (χ0v) is 18.9. The Morgan fingerprint density at radius 1 is 1.10 bits per heavy atom. The third kappa shape index (κ3) is 2.87. The first kappa shape index (κ1) is 20.7. The lowest BCUT2D eigenvalue weighted by molar-refractivity contribution is -0.200. The normalized spacial score (nSPS) is 46.5. The van der Waals surface area contributed by atoms with Crippen LogP contribution >= 0.6 is 0 Å². The zero-order valence-electron chi connectivity index (χ0n) is 18.9. The van der Waals surface area contributed by atoms with Gasteiger partial charge in [0, 0.05) is 31.6 Å². The SMILES string of the molecule is CC(=O)O[C@@H]1C[C@]2(C)[C@@H](C(C)=O)CC[C@H]2[C@@H]2CC=C3CC4(CC[C@]3(C)[C@H]21)OCCO4. The molecule has 7 atom stereocenters. The van der Waals surface area contributed by atoms with Crippen molar-refractivity contribution in [3.63, 3.8) is 0 Å². The van der Waals surface area contributed by atoms with Crippen LogP contribution in [0.3, 0.4) is 0 Å². The highest BCUT2D eigenvalue weighted by Gasteiger charge is 2.64. The predicted octanol–water partition coefficient (Wildman–Crippen LogP) is 4.44. The number of rotatable bonds is 2. The number of fused-ring (bicyclic) bond motifs is 5. The van der Waals surface area contributed by atoms with Crippen LogP contribution in [0.2, 0.25) is 0 Å². The Morgan fingerprint density at radius 2 is 1.83 bits per heavy atom. The van der Waals surface area contributed by atoms with Gasteiger partial charge >= 0.3 is 5.97 Å². The smallest absolute Gasteiger partial charge is 0.302 e. The first-order chi connectivity index (χ1) is 14.2. The number of hydrogen-bond acceptors (Lipinski definition) is 5. The van der Waals surface area contributed by atoms with E-state index in [1.54, 1.807) is 6.92 Å². The van der Waals surface area contributed by atoms with Crippen LogP contribution in [0, 0.1) is 34.5 Å². The average Bonchev–Trinajstić information content (AvgIpc) is 3.25. The van der Waals surface area contributed by atoms with Crippen molar-refractivity contribution < 1.29 is 23.8 Å². The van der Waals surface area contributed by atoms with E-state index in [0.717, 1.165) is 44.9 Å². The molecule has 1 heterocycles. The van der Waals surface area contributed by atoms with Crippen molar-refractivity contribution in [2.24, 2.45) is 34.5 Å². The molecule has 3 saturated carbocycles. The summed E-state index contributed by atoms with van der Waals surface area (Å²) in [5.41, 5.74) is 1.36. The van der Waals surface area contributed by atoms with Crippen molar-refractivity contribution in [2.75, 3.05) is 13.2 Å². The van der Waals surface area contributed by atoms with Gasteiger partial charge in [-0.1, -0.05) is 25.5 Å². The Bertz CT molecular complexity index is 780. The lowest BCUT2D eigenvalue weighted by atomic mass is 9.46. The third-order valence-electron chi connectivity index (χ3n) is 9.64. The summed E-state index contributed by atoms with van der Waals surface area (Å²) >= 11 is 0. The molecule has 0 amide bonds. The summed E-state index contributed by atoms with van der Waals surface area (Å²) in [5.74, 6) is 1.05. The van der Waals surface area contributed by atoms with Gasteiger partial charge in [-0.05, 0) is 61.7 Å². The maximum atomic E-state index is 12.5. The Balaban J connectivity index is 1.53. The Kier molecular flexibility index (Phi) is 4.76. The minimum absolute atomic E-state index is 0.000760. The number of esters is 1. The first-order valence-corrected chi connectivity index (χ1v) is 11.8. The highest BCUT2D eigenvalue weighted by atomic mass is 16.7. The van der Waals surface area contributed by atoms with E-state index >= 15 is 0 Å². The highest BCUT2D eigenvalue weighted by Crippen LogP contribution is 2.67. The molecular formula is C25H36O5. The van der Waals surface area contributed by atoms with Crippen LogP contribution < -0.4 is 0 Å². The Labute approximate surface area is 179 Å². The fourth-order valence-corrected chi connectivity index (χ4v) is 8.44. The summed E-state index contributed by atoms with van der Waals surface area (Å²) in [6.45, 7) is 9.30. The van der Waals surface area contributed by atoms with Gasteiger partial charge in [-0.2, -0.15) is 0 Å². The topological polar surface area (TPSA) is 61.8 Å². The molecule has 5 rings (SSSR count). The number of Topliss-reactive ketones (excluding diaryl/α,β-unsaturated/α-hetero) is 1. The first-order valence-electron chi connectivity index (χ1n) is 11.8. The van der Waals surface area contributed by atoms with E-state index in [4.69, 9.17) is 14.2 Å². The number of allylic oxidation sites excluding steroid dienone is 1. The molecule has 0 N–H and O–H groups in total. The van der Waals surface area contributed by atoms with Crippen molar-refractivity contribution in [3.8, 4) is 0 Å². The Morgan fingerprint density at radius 3 is 2.50 bits per heavy atom. The number of carbonyl (C=O) groups excluding carboxylic acids is 2. The van der Waals surface area contributed by atoms with Crippen LogP contribution in [-0.4, -0.2) is 36.9 Å². The fraction of sp³-hybridized carbons (Fsp3) is 0.840. The monoisotopic (exact) mass is 416 g/mol. The van der Waals surface area contributed by atoms with Crippen LogP contribution in [0.4, 0.5) is 0 Å². The molecule has 0 aromatic heterocycles. The van der Waals surface area contributed by atoms with Gasteiger partial charge in [-0.3, -0.25) is 9.59 Å². The predicted molar refractivity (Wildman–Crippen MR) is 111 cm³/mol. The van der Waals surface area contributed by atoms with E-state index in [0.29, 0.717) is 36.8 Å². The molecule has 0 unspecified atom stereocenters. The van der Waals surface area contributed by atoms with E-state index in [9.17, 15) is 9.59 Å². The lowest BCUT2D eigenvalue weighted by Gasteiger charge is -2.60. The molecule has 5 aliphatic rings. The second-order valence-electron chi connectivity index (χ2n) is 11.1. The average molecular weight is 417 g/mol. The second kappa shape index (κ2) is 6.90. The number of ketones is 1. The molecule has 0 radical (unpaired) electrons. The molecule has 4 aliphatic carbocycles. The summed E-state index contributed by atoms with van der Waals surface area (Å²) in [6, 6.07) is 0. The second-order valence-corrected chi connectivity index (χ2v) is 11.1. The van der Waals surface area contributed by atoms with Gasteiger partial charge in [0.05, 0.1) is 13.2 Å². The van der Waals surface area contributed by atoms with Gasteiger partial charge in [0.25, 0.3) is 0 Å². The molecular weight excluding hydrogens is 380 g/mol. The quantitative estimate of drug-likeness (QED) is 0.492. The van der Waals surface area contributed by atoms with Crippen molar-refractivity contribution >= 4 is 11.8 Å². The van der Waals surface area contributed by atoms with Gasteiger partial charge in [-0.25, -0.2) is 0 Å². The molecule has 4 fully saturated rings. The number of ether oxygens (including phenoxy) is 3. The minimum Gasteiger partial charge on any atom is -0.462 e. The van der Waals surface area contributed by atoms with E-state index in [2.05, 4.69) is 19.9 Å². The summed E-state index contributed by atoms with van der Waals surface area (Å²) in [4.78, 5) is 24.6. The molecule has 1 saturated heterocycles. The number of carbonyl (C=O) groups is 2. The summed E-state index contributed by atoms with van der Waals surface area (Å²) in [5, 5.41) is 0. The highest BCUT2D eigenvalue weighted by molar-refractivity contribution is 5.79. The van der Waals surface area contributed by atoms with Gasteiger partial charge in [0.2, 0.25) is 0 Å². The molecule has 1 aliphatic heterocycles. The van der Waals surface area contributed by atoms with E-state index in [-0.39, 0.29) is 28.8 Å². The fourth-order valence-electron chi connectivity index (χ4n) is 8.44. The van der Waals surface area contributed by atoms with Crippen LogP contribution in [0.5, 0.6) is 0 Å². The van der Waals surface area contributed by atoms with E-state index in [1.165, 1.54) is 12.5 Å². The van der Waals surface area contributed by atoms with E-state index < -0.39 is 5.79 Å². The van der Waals surface area contributed by atoms with Gasteiger partial charge < -0.3 is 14.2 Å². The Hall–Kier alpha value is -1.20. The van der Waals surface area contributed by atoms with Crippen LogP contribution in [0.25, 0.3) is 0 Å². The molecule has 0 aromatic rings. The maximum Gasteiger partial charge on any atom is 0.302 e. The van der Waals surface area contributed by atoms with Gasteiger partial charge in [-0.15, -0.1) is 0 Å². The molecule has 30 heavy (non-hydrogen) atoms. The summed E-state index contributed by atoms with van der Waals surface area (Å²) in [6.07, 6.45) is 8.96. The van der Waals surface area contributed by atoms with E-state index in [1.807, 2.05) is 0 Å². The third-order valence-corrected chi connectivity index (χ3v) is 9.64. The molecule has 0 aromatic carbocycles. The van der Waals surface area contributed by atoms with Crippen LogP contribution in [-0.2, 0) is 23.8 Å². The molecule has 166 valence electrons. The number of hydrogen-bond donors (Lipinski definition) is 0. The molecule has 1 spiro atoms. The van der Waals surface area contributed by atoms with Crippen molar-refractivity contribution in [1.29, 1.82) is 0 Å². The molecule has 5 heteroatoms. The zero-order chi connectivity index (χ0) is 21.3. The standard InChI is InChI=1S/C25H36O5/c1-15(26)19-7-8-20-18-6-5-17-13-25(28-11-12-29-25)10-9-23(17,3)22(18)21(30-16(2)27)14-24(19,20)4/h5,18-22H,6-14H2,1-4H3/t18-,19+,20-,21+,22+,23-,24+/m0/s1. The summed E-state index contributed by atoms with van der Waals surface area (Å²) < 4.78 is 18.1. The van der Waals surface area contributed by atoms with Crippen molar-refractivity contribution in [1.82, 2.24) is 0 Å².